The third kappa shape index (κ3) is 1.70. The van der Waals surface area contributed by atoms with Crippen LogP contribution in [0, 0.1) is 0 Å². The second kappa shape index (κ2) is 2.79. The van der Waals surface area contributed by atoms with Gasteiger partial charge in [-0.05, 0) is 13.8 Å². The van der Waals surface area contributed by atoms with Gasteiger partial charge in [0, 0.05) is 0 Å². The summed E-state index contributed by atoms with van der Waals surface area (Å²) in [7, 11) is 0. The highest BCUT2D eigenvalue weighted by molar-refractivity contribution is 5.76. The molecule has 11 heavy (non-hydrogen) atoms. The van der Waals surface area contributed by atoms with Crippen LogP contribution in [0.4, 0.5) is 0 Å². The lowest BCUT2D eigenvalue weighted by Gasteiger charge is -2.35. The summed E-state index contributed by atoms with van der Waals surface area (Å²) in [6.45, 7) is 3.75. The Balaban J connectivity index is 2.58. The molecule has 0 aromatic rings. The van der Waals surface area contributed by atoms with E-state index in [1.54, 1.807) is 6.92 Å². The van der Waals surface area contributed by atoms with Gasteiger partial charge in [-0.3, -0.25) is 10.1 Å². The van der Waals surface area contributed by atoms with Crippen LogP contribution in [-0.2, 0) is 9.53 Å². The standard InChI is InChI=1S/C7H13NO3/c1-5-6(10)11-4-7(2,3-9)8-5/h5,8-9H,3-4H2,1-2H3/t5-,7-/m1/s1. The zero-order valence-corrected chi connectivity index (χ0v) is 6.76. The molecule has 4 heteroatoms. The second-order valence-corrected chi connectivity index (χ2v) is 3.19. The van der Waals surface area contributed by atoms with Crippen molar-refractivity contribution < 1.29 is 14.6 Å². The largest absolute Gasteiger partial charge is 0.462 e. The Morgan fingerprint density at radius 3 is 3.00 bits per heavy atom. The molecule has 0 radical (unpaired) electrons. The Morgan fingerprint density at radius 2 is 2.55 bits per heavy atom. The van der Waals surface area contributed by atoms with Gasteiger partial charge in [-0.15, -0.1) is 0 Å². The predicted octanol–water partition coefficient (Wildman–Crippen LogP) is -0.728. The van der Waals surface area contributed by atoms with E-state index in [-0.39, 0.29) is 25.2 Å². The van der Waals surface area contributed by atoms with Crippen molar-refractivity contribution in [3.05, 3.63) is 0 Å². The second-order valence-electron chi connectivity index (χ2n) is 3.19. The van der Waals surface area contributed by atoms with Crippen LogP contribution in [0.15, 0.2) is 0 Å². The zero-order chi connectivity index (χ0) is 8.48. The summed E-state index contributed by atoms with van der Waals surface area (Å²) < 4.78 is 4.84. The Kier molecular flexibility index (Phi) is 2.15. The molecular formula is C7H13NO3. The molecule has 1 aliphatic rings. The minimum absolute atomic E-state index is 0.0232. The summed E-state index contributed by atoms with van der Waals surface area (Å²) in [5, 5.41) is 11.9. The Morgan fingerprint density at radius 1 is 1.91 bits per heavy atom. The number of esters is 1. The van der Waals surface area contributed by atoms with Crippen LogP contribution < -0.4 is 5.32 Å². The van der Waals surface area contributed by atoms with Gasteiger partial charge < -0.3 is 9.84 Å². The van der Waals surface area contributed by atoms with Crippen molar-refractivity contribution in [2.75, 3.05) is 13.2 Å². The van der Waals surface area contributed by atoms with E-state index in [9.17, 15) is 4.79 Å². The highest BCUT2D eigenvalue weighted by Crippen LogP contribution is 2.11. The van der Waals surface area contributed by atoms with Crippen LogP contribution in [0.5, 0.6) is 0 Å². The van der Waals surface area contributed by atoms with Crippen molar-refractivity contribution in [3.63, 3.8) is 0 Å². The first-order valence-electron chi connectivity index (χ1n) is 3.62. The number of hydrogen-bond acceptors (Lipinski definition) is 4. The smallest absolute Gasteiger partial charge is 0.322 e. The molecule has 1 saturated heterocycles. The first-order chi connectivity index (χ1) is 5.07. The van der Waals surface area contributed by atoms with Crippen LogP contribution in [0.2, 0.25) is 0 Å². The molecule has 0 amide bonds. The van der Waals surface area contributed by atoms with E-state index >= 15 is 0 Å². The minimum atomic E-state index is -0.465. The first-order valence-corrected chi connectivity index (χ1v) is 3.62. The van der Waals surface area contributed by atoms with Crippen LogP contribution in [0.25, 0.3) is 0 Å². The predicted molar refractivity (Wildman–Crippen MR) is 39.0 cm³/mol. The molecule has 0 bridgehead atoms. The van der Waals surface area contributed by atoms with Crippen molar-refractivity contribution in [1.29, 1.82) is 0 Å². The molecule has 1 heterocycles. The summed E-state index contributed by atoms with van der Waals surface area (Å²) in [4.78, 5) is 10.8. The fraction of sp³-hybridized carbons (Fsp3) is 0.857. The number of aliphatic hydroxyl groups is 1. The average Bonchev–Trinajstić information content (AvgIpc) is 1.98. The fourth-order valence-corrected chi connectivity index (χ4v) is 1.07. The molecule has 0 aliphatic carbocycles. The van der Waals surface area contributed by atoms with E-state index in [1.807, 2.05) is 6.92 Å². The van der Waals surface area contributed by atoms with Crippen LogP contribution in [0.3, 0.4) is 0 Å². The van der Waals surface area contributed by atoms with Crippen molar-refractivity contribution in [2.45, 2.75) is 25.4 Å². The topological polar surface area (TPSA) is 58.6 Å². The van der Waals surface area contributed by atoms with Gasteiger partial charge in [0.05, 0.1) is 12.1 Å². The lowest BCUT2D eigenvalue weighted by molar-refractivity contribution is -0.155. The fourth-order valence-electron chi connectivity index (χ4n) is 1.07. The summed E-state index contributed by atoms with van der Waals surface area (Å²) in [5.41, 5.74) is -0.465. The van der Waals surface area contributed by atoms with E-state index in [2.05, 4.69) is 5.32 Å². The summed E-state index contributed by atoms with van der Waals surface area (Å²) in [6.07, 6.45) is 0. The normalized spacial score (nSPS) is 38.5. The number of cyclic esters (lactones) is 1. The maximum atomic E-state index is 10.8. The lowest BCUT2D eigenvalue weighted by Crippen LogP contribution is -2.60. The number of carbonyl (C=O) groups is 1. The quantitative estimate of drug-likeness (QED) is 0.495. The molecule has 2 atom stereocenters. The van der Waals surface area contributed by atoms with Gasteiger partial charge in [0.25, 0.3) is 0 Å². The molecule has 1 aliphatic heterocycles. The molecule has 0 unspecified atom stereocenters. The highest BCUT2D eigenvalue weighted by Gasteiger charge is 2.34. The first kappa shape index (κ1) is 8.49. The molecule has 0 spiro atoms. The van der Waals surface area contributed by atoms with Crippen molar-refractivity contribution in [1.82, 2.24) is 5.32 Å². The number of aliphatic hydroxyl groups excluding tert-OH is 1. The maximum absolute atomic E-state index is 10.8. The third-order valence-electron chi connectivity index (χ3n) is 1.80. The molecule has 1 fully saturated rings. The number of hydrogen-bond donors (Lipinski definition) is 2. The summed E-state index contributed by atoms with van der Waals surface area (Å²) in [5.74, 6) is -0.254. The molecule has 4 nitrogen and oxygen atoms in total. The molecule has 0 aromatic carbocycles. The molecule has 1 rings (SSSR count). The van der Waals surface area contributed by atoms with Gasteiger partial charge in [0.1, 0.15) is 12.6 Å². The minimum Gasteiger partial charge on any atom is -0.462 e. The monoisotopic (exact) mass is 159 g/mol. The average molecular weight is 159 g/mol. The van der Waals surface area contributed by atoms with Gasteiger partial charge >= 0.3 is 5.97 Å². The molecular weight excluding hydrogens is 146 g/mol. The summed E-state index contributed by atoms with van der Waals surface area (Å²) in [6, 6.07) is -0.319. The molecule has 0 saturated carbocycles. The van der Waals surface area contributed by atoms with Crippen LogP contribution >= 0.6 is 0 Å². The number of rotatable bonds is 1. The Labute approximate surface area is 65.5 Å². The SMILES string of the molecule is C[C@H]1N[C@](C)(CO)COC1=O. The number of ether oxygens (including phenoxy) is 1. The zero-order valence-electron chi connectivity index (χ0n) is 6.76. The highest BCUT2D eigenvalue weighted by atomic mass is 16.5. The van der Waals surface area contributed by atoms with Gasteiger partial charge in [-0.25, -0.2) is 0 Å². The number of carbonyl (C=O) groups excluding carboxylic acids is 1. The van der Waals surface area contributed by atoms with Crippen molar-refractivity contribution in [3.8, 4) is 0 Å². The van der Waals surface area contributed by atoms with E-state index in [4.69, 9.17) is 9.84 Å². The maximum Gasteiger partial charge on any atom is 0.322 e. The van der Waals surface area contributed by atoms with Gasteiger partial charge in [-0.1, -0.05) is 0 Å². The lowest BCUT2D eigenvalue weighted by atomic mass is 10.0. The van der Waals surface area contributed by atoms with Gasteiger partial charge in [0.15, 0.2) is 0 Å². The van der Waals surface area contributed by atoms with Crippen molar-refractivity contribution >= 4 is 5.97 Å². The Bertz CT molecular complexity index is 171. The molecule has 0 aromatic heterocycles. The van der Waals surface area contributed by atoms with E-state index in [1.165, 1.54) is 0 Å². The number of nitrogens with one attached hydrogen (secondary N) is 1. The van der Waals surface area contributed by atoms with E-state index in [0.29, 0.717) is 0 Å². The summed E-state index contributed by atoms with van der Waals surface area (Å²) >= 11 is 0. The van der Waals surface area contributed by atoms with Crippen LogP contribution in [-0.4, -0.2) is 35.9 Å². The molecule has 2 N–H and O–H groups in total. The number of morpholine rings is 1. The van der Waals surface area contributed by atoms with E-state index < -0.39 is 5.54 Å². The van der Waals surface area contributed by atoms with Gasteiger partial charge in [-0.2, -0.15) is 0 Å². The van der Waals surface area contributed by atoms with Gasteiger partial charge in [0.2, 0.25) is 0 Å². The van der Waals surface area contributed by atoms with Crippen LogP contribution in [0.1, 0.15) is 13.8 Å². The third-order valence-corrected chi connectivity index (χ3v) is 1.80. The Hall–Kier alpha value is -0.610. The van der Waals surface area contributed by atoms with Crippen molar-refractivity contribution in [2.24, 2.45) is 0 Å². The van der Waals surface area contributed by atoms with E-state index in [0.717, 1.165) is 0 Å². The molecule has 64 valence electrons.